The van der Waals surface area contributed by atoms with Crippen LogP contribution >= 0.6 is 34.3 Å². The number of thiophene rings is 1. The summed E-state index contributed by atoms with van der Waals surface area (Å²) in [6, 6.07) is 11.1. The molecule has 1 amide bonds. The third-order valence-corrected chi connectivity index (χ3v) is 6.96. The number of thiazole rings is 1. The van der Waals surface area contributed by atoms with Crippen molar-refractivity contribution in [2.45, 2.75) is 13.5 Å². The summed E-state index contributed by atoms with van der Waals surface area (Å²) in [5.41, 5.74) is 0.927. The van der Waals surface area contributed by atoms with E-state index in [-0.39, 0.29) is 29.2 Å². The number of rotatable bonds is 6. The standard InChI is InChI=1S/C21H16ClFN4O2S2/c1-12-19(31-21(25-12)16-6-3-11-30-16)15-7-8-17(28)27(26-15)10-9-24-20(29)18-13(22)4-2-5-14(18)23/h2-8,11H,9-10H2,1H3,(H,24,29). The second-order valence-electron chi connectivity index (χ2n) is 6.54. The molecule has 0 atom stereocenters. The first-order valence-electron chi connectivity index (χ1n) is 9.26. The van der Waals surface area contributed by atoms with Crippen molar-refractivity contribution >= 4 is 40.2 Å². The predicted molar refractivity (Wildman–Crippen MR) is 121 cm³/mol. The third-order valence-electron chi connectivity index (χ3n) is 4.43. The quantitative estimate of drug-likeness (QED) is 0.442. The molecular formula is C21H16ClFN4O2S2. The van der Waals surface area contributed by atoms with Crippen molar-refractivity contribution in [2.75, 3.05) is 6.54 Å². The highest BCUT2D eigenvalue weighted by atomic mass is 35.5. The van der Waals surface area contributed by atoms with Crippen LogP contribution in [0.2, 0.25) is 5.02 Å². The normalized spacial score (nSPS) is 10.9. The number of halogens is 2. The Hall–Kier alpha value is -2.88. The van der Waals surface area contributed by atoms with Crippen molar-refractivity contribution in [1.82, 2.24) is 20.1 Å². The average Bonchev–Trinajstić information content (AvgIpc) is 3.39. The number of nitrogens with zero attached hydrogens (tertiary/aromatic N) is 3. The van der Waals surface area contributed by atoms with Crippen LogP contribution in [0, 0.1) is 12.7 Å². The van der Waals surface area contributed by atoms with Gasteiger partial charge in [-0.05, 0) is 36.6 Å². The summed E-state index contributed by atoms with van der Waals surface area (Å²) >= 11 is 9.03. The highest BCUT2D eigenvalue weighted by Gasteiger charge is 2.16. The summed E-state index contributed by atoms with van der Waals surface area (Å²) in [5.74, 6) is -1.35. The van der Waals surface area contributed by atoms with Gasteiger partial charge in [0.2, 0.25) is 0 Å². The zero-order chi connectivity index (χ0) is 22.0. The summed E-state index contributed by atoms with van der Waals surface area (Å²) in [4.78, 5) is 31.0. The lowest BCUT2D eigenvalue weighted by molar-refractivity contribution is 0.0948. The molecule has 0 aliphatic rings. The highest BCUT2D eigenvalue weighted by Crippen LogP contribution is 2.35. The van der Waals surface area contributed by atoms with Crippen LogP contribution < -0.4 is 10.9 Å². The fourth-order valence-electron chi connectivity index (χ4n) is 2.95. The average molecular weight is 475 g/mol. The molecule has 3 aromatic heterocycles. The molecule has 1 aromatic carbocycles. The molecule has 0 aliphatic carbocycles. The number of carbonyl (C=O) groups excluding carboxylic acids is 1. The van der Waals surface area contributed by atoms with Crippen LogP contribution in [0.25, 0.3) is 20.5 Å². The second-order valence-corrected chi connectivity index (χ2v) is 8.90. The van der Waals surface area contributed by atoms with Crippen LogP contribution in [0.15, 0.2) is 52.6 Å². The molecule has 0 aliphatic heterocycles. The van der Waals surface area contributed by atoms with Gasteiger partial charge in [-0.15, -0.1) is 22.7 Å². The van der Waals surface area contributed by atoms with Crippen LogP contribution in [-0.4, -0.2) is 27.2 Å². The Balaban J connectivity index is 1.50. The molecular weight excluding hydrogens is 459 g/mol. The molecule has 0 spiro atoms. The van der Waals surface area contributed by atoms with Gasteiger partial charge in [0.05, 0.1) is 32.6 Å². The van der Waals surface area contributed by atoms with Gasteiger partial charge in [-0.25, -0.2) is 14.1 Å². The van der Waals surface area contributed by atoms with E-state index in [1.165, 1.54) is 34.2 Å². The van der Waals surface area contributed by atoms with Crippen LogP contribution in [-0.2, 0) is 6.54 Å². The van der Waals surface area contributed by atoms with E-state index in [2.05, 4.69) is 15.4 Å². The molecule has 0 bridgehead atoms. The minimum absolute atomic E-state index is 0.0250. The van der Waals surface area contributed by atoms with Gasteiger partial charge in [-0.1, -0.05) is 23.7 Å². The molecule has 0 saturated heterocycles. The minimum atomic E-state index is -0.704. The first kappa shape index (κ1) is 21.4. The minimum Gasteiger partial charge on any atom is -0.350 e. The van der Waals surface area contributed by atoms with Gasteiger partial charge >= 0.3 is 0 Å². The van der Waals surface area contributed by atoms with Crippen molar-refractivity contribution in [1.29, 1.82) is 0 Å². The van der Waals surface area contributed by atoms with Gasteiger partial charge in [0.1, 0.15) is 16.5 Å². The largest absolute Gasteiger partial charge is 0.350 e. The third kappa shape index (κ3) is 4.58. The SMILES string of the molecule is Cc1nc(-c2cccs2)sc1-c1ccc(=O)n(CCNC(=O)c2c(F)cccc2Cl)n1. The van der Waals surface area contributed by atoms with Gasteiger partial charge in [-0.3, -0.25) is 9.59 Å². The van der Waals surface area contributed by atoms with E-state index in [9.17, 15) is 14.0 Å². The van der Waals surface area contributed by atoms with Crippen molar-refractivity contribution in [3.05, 3.63) is 80.3 Å². The van der Waals surface area contributed by atoms with E-state index >= 15 is 0 Å². The van der Waals surface area contributed by atoms with Crippen LogP contribution in [0.1, 0.15) is 16.1 Å². The van der Waals surface area contributed by atoms with E-state index in [1.54, 1.807) is 17.4 Å². The Morgan fingerprint density at radius 3 is 2.81 bits per heavy atom. The zero-order valence-electron chi connectivity index (χ0n) is 16.3. The Kier molecular flexibility index (Phi) is 6.26. The van der Waals surface area contributed by atoms with Crippen molar-refractivity contribution < 1.29 is 9.18 Å². The Bertz CT molecular complexity index is 1280. The molecule has 6 nitrogen and oxygen atoms in total. The molecule has 10 heteroatoms. The number of hydrogen-bond acceptors (Lipinski definition) is 6. The van der Waals surface area contributed by atoms with Gasteiger partial charge < -0.3 is 5.32 Å². The maximum Gasteiger partial charge on any atom is 0.266 e. The number of aryl methyl sites for hydroxylation is 1. The highest BCUT2D eigenvalue weighted by molar-refractivity contribution is 7.23. The van der Waals surface area contributed by atoms with E-state index < -0.39 is 11.7 Å². The van der Waals surface area contributed by atoms with E-state index in [0.29, 0.717) is 5.69 Å². The smallest absolute Gasteiger partial charge is 0.266 e. The molecule has 4 rings (SSSR count). The van der Waals surface area contributed by atoms with E-state index in [1.807, 2.05) is 24.4 Å². The van der Waals surface area contributed by atoms with Gasteiger partial charge in [0.15, 0.2) is 0 Å². The predicted octanol–water partition coefficient (Wildman–Crippen LogP) is 4.63. The Morgan fingerprint density at radius 2 is 2.06 bits per heavy atom. The molecule has 1 N–H and O–H groups in total. The van der Waals surface area contributed by atoms with Gasteiger partial charge in [-0.2, -0.15) is 5.10 Å². The fraction of sp³-hybridized carbons (Fsp3) is 0.143. The number of aromatic nitrogens is 3. The summed E-state index contributed by atoms with van der Waals surface area (Å²) in [5, 5.41) is 9.92. The number of carbonyl (C=O) groups is 1. The molecule has 0 saturated carbocycles. The molecule has 158 valence electrons. The summed E-state index contributed by atoms with van der Waals surface area (Å²) in [6.45, 7) is 2.11. The number of benzene rings is 1. The molecule has 4 aromatic rings. The van der Waals surface area contributed by atoms with Crippen LogP contribution in [0.5, 0.6) is 0 Å². The lowest BCUT2D eigenvalue weighted by Gasteiger charge is -2.09. The van der Waals surface area contributed by atoms with Gasteiger partial charge in [0.25, 0.3) is 11.5 Å². The molecule has 0 unspecified atom stereocenters. The Morgan fingerprint density at radius 1 is 1.23 bits per heavy atom. The zero-order valence-corrected chi connectivity index (χ0v) is 18.7. The second kappa shape index (κ2) is 9.09. The first-order valence-corrected chi connectivity index (χ1v) is 11.3. The summed E-state index contributed by atoms with van der Waals surface area (Å²) in [6.07, 6.45) is 0. The maximum atomic E-state index is 13.9. The lowest BCUT2D eigenvalue weighted by atomic mass is 10.2. The van der Waals surface area contributed by atoms with Gasteiger partial charge in [0, 0.05) is 12.6 Å². The first-order chi connectivity index (χ1) is 14.9. The van der Waals surface area contributed by atoms with E-state index in [0.717, 1.165) is 26.5 Å². The van der Waals surface area contributed by atoms with E-state index in [4.69, 9.17) is 11.6 Å². The lowest BCUT2D eigenvalue weighted by Crippen LogP contribution is -2.32. The van der Waals surface area contributed by atoms with Crippen LogP contribution in [0.4, 0.5) is 4.39 Å². The van der Waals surface area contributed by atoms with Crippen molar-refractivity contribution in [2.24, 2.45) is 0 Å². The summed E-state index contributed by atoms with van der Waals surface area (Å²) < 4.78 is 15.1. The monoisotopic (exact) mass is 474 g/mol. The Labute approximate surface area is 190 Å². The topological polar surface area (TPSA) is 76.9 Å². The maximum absolute atomic E-state index is 13.9. The molecule has 0 radical (unpaired) electrons. The molecule has 31 heavy (non-hydrogen) atoms. The van der Waals surface area contributed by atoms with Crippen molar-refractivity contribution in [3.8, 4) is 20.5 Å². The number of hydrogen-bond donors (Lipinski definition) is 1. The fourth-order valence-corrected chi connectivity index (χ4v) is 5.03. The number of amides is 1. The molecule has 3 heterocycles. The molecule has 0 fully saturated rings. The summed E-state index contributed by atoms with van der Waals surface area (Å²) in [7, 11) is 0. The van der Waals surface area contributed by atoms with Crippen LogP contribution in [0.3, 0.4) is 0 Å². The van der Waals surface area contributed by atoms with Crippen molar-refractivity contribution in [3.63, 3.8) is 0 Å². The number of nitrogens with one attached hydrogen (secondary N) is 1.